The Morgan fingerprint density at radius 1 is 1.29 bits per heavy atom. The van der Waals surface area contributed by atoms with Crippen molar-refractivity contribution < 1.29 is 13.5 Å². The van der Waals surface area contributed by atoms with E-state index < -0.39 is 6.61 Å². The molecule has 1 aromatic carbocycles. The zero-order valence-electron chi connectivity index (χ0n) is 12.2. The van der Waals surface area contributed by atoms with Crippen LogP contribution < -0.4 is 10.1 Å². The molecule has 116 valence electrons. The van der Waals surface area contributed by atoms with Crippen molar-refractivity contribution in [3.05, 3.63) is 24.3 Å². The van der Waals surface area contributed by atoms with Crippen molar-refractivity contribution in [1.82, 2.24) is 0 Å². The summed E-state index contributed by atoms with van der Waals surface area (Å²) in [4.78, 5) is 4.52. The van der Waals surface area contributed by atoms with Crippen LogP contribution in [0.25, 0.3) is 0 Å². The first-order valence-electron chi connectivity index (χ1n) is 7.15. The highest BCUT2D eigenvalue weighted by Gasteiger charge is 2.25. The molecule has 0 fully saturated rings. The lowest BCUT2D eigenvalue weighted by atomic mass is 9.99. The summed E-state index contributed by atoms with van der Waals surface area (Å²) in [5, 5.41) is 4.65. The van der Waals surface area contributed by atoms with E-state index in [4.69, 9.17) is 0 Å². The van der Waals surface area contributed by atoms with Crippen molar-refractivity contribution in [2.45, 2.75) is 38.6 Å². The predicted octanol–water partition coefficient (Wildman–Crippen LogP) is 4.61. The number of benzene rings is 1. The van der Waals surface area contributed by atoms with Gasteiger partial charge in [-0.25, -0.2) is 0 Å². The fraction of sp³-hybridized carbons (Fsp3) is 0.533. The second-order valence-corrected chi connectivity index (χ2v) is 6.13. The maximum Gasteiger partial charge on any atom is 0.387 e. The molecule has 2 rings (SSSR count). The van der Waals surface area contributed by atoms with Gasteiger partial charge < -0.3 is 10.1 Å². The van der Waals surface area contributed by atoms with Crippen LogP contribution in [0.5, 0.6) is 5.75 Å². The number of alkyl halides is 2. The highest BCUT2D eigenvalue weighted by molar-refractivity contribution is 8.15. The van der Waals surface area contributed by atoms with Gasteiger partial charge in [-0.05, 0) is 30.2 Å². The number of halogens is 2. The average Bonchev–Trinajstić information content (AvgIpc) is 2.90. The molecule has 1 aliphatic rings. The summed E-state index contributed by atoms with van der Waals surface area (Å²) >= 11 is 1.77. The van der Waals surface area contributed by atoms with Crippen LogP contribution in [0.4, 0.5) is 14.5 Å². The summed E-state index contributed by atoms with van der Waals surface area (Å²) in [7, 11) is 0. The normalized spacial score (nSPS) is 18.2. The Labute approximate surface area is 128 Å². The zero-order valence-corrected chi connectivity index (χ0v) is 13.0. The Balaban J connectivity index is 1.88. The van der Waals surface area contributed by atoms with Gasteiger partial charge in [-0.1, -0.05) is 38.5 Å². The highest BCUT2D eigenvalue weighted by atomic mass is 32.2. The lowest BCUT2D eigenvalue weighted by Gasteiger charge is -2.18. The fourth-order valence-electron chi connectivity index (χ4n) is 2.36. The van der Waals surface area contributed by atoms with Crippen molar-refractivity contribution >= 4 is 22.6 Å². The molecule has 0 bridgehead atoms. The van der Waals surface area contributed by atoms with Gasteiger partial charge >= 0.3 is 6.61 Å². The van der Waals surface area contributed by atoms with Gasteiger partial charge in [0, 0.05) is 10.9 Å². The summed E-state index contributed by atoms with van der Waals surface area (Å²) in [5.41, 5.74) is 0.827. The molecule has 1 atom stereocenters. The molecule has 1 heterocycles. The minimum absolute atomic E-state index is 0.159. The lowest BCUT2D eigenvalue weighted by molar-refractivity contribution is -0.0498. The standard InChI is InChI=1S/C15H20F2N2OS/c1-3-10(4-2)13-9-18-15(21-13)19-11-5-7-12(8-6-11)20-14(16)17/h5-8,10,13-14H,3-4,9H2,1-2H3,(H,18,19). The Kier molecular flexibility index (Phi) is 5.85. The van der Waals surface area contributed by atoms with Crippen molar-refractivity contribution in [3.8, 4) is 5.75 Å². The quantitative estimate of drug-likeness (QED) is 0.832. The van der Waals surface area contributed by atoms with E-state index in [9.17, 15) is 8.78 Å². The first-order chi connectivity index (χ1) is 10.1. The molecule has 0 radical (unpaired) electrons. The van der Waals surface area contributed by atoms with Gasteiger partial charge in [-0.2, -0.15) is 8.78 Å². The van der Waals surface area contributed by atoms with E-state index in [2.05, 4.69) is 28.9 Å². The van der Waals surface area contributed by atoms with Crippen LogP contribution >= 0.6 is 11.8 Å². The number of thioether (sulfide) groups is 1. The van der Waals surface area contributed by atoms with Crippen LogP contribution in [0.3, 0.4) is 0 Å². The molecule has 0 aromatic heterocycles. The van der Waals surface area contributed by atoms with E-state index in [1.165, 1.54) is 12.1 Å². The second-order valence-electron chi connectivity index (χ2n) is 4.91. The number of hydrogen-bond donors (Lipinski definition) is 1. The number of rotatable bonds is 6. The van der Waals surface area contributed by atoms with Gasteiger partial charge in [0.2, 0.25) is 0 Å². The molecule has 21 heavy (non-hydrogen) atoms. The van der Waals surface area contributed by atoms with E-state index in [0.29, 0.717) is 11.2 Å². The van der Waals surface area contributed by atoms with Gasteiger partial charge in [0.05, 0.1) is 6.54 Å². The van der Waals surface area contributed by atoms with E-state index in [1.54, 1.807) is 23.9 Å². The Hall–Kier alpha value is -1.30. The second kappa shape index (κ2) is 7.64. The van der Waals surface area contributed by atoms with Crippen LogP contribution in [0.1, 0.15) is 26.7 Å². The summed E-state index contributed by atoms with van der Waals surface area (Å²) in [6.07, 6.45) is 2.33. The van der Waals surface area contributed by atoms with Gasteiger partial charge in [0.25, 0.3) is 0 Å². The van der Waals surface area contributed by atoms with Gasteiger partial charge in [-0.15, -0.1) is 0 Å². The molecule has 0 saturated carbocycles. The molecule has 0 saturated heterocycles. The highest BCUT2D eigenvalue weighted by Crippen LogP contribution is 2.31. The number of ether oxygens (including phenoxy) is 1. The van der Waals surface area contributed by atoms with E-state index in [0.717, 1.165) is 30.2 Å². The van der Waals surface area contributed by atoms with Crippen LogP contribution in [0, 0.1) is 5.92 Å². The molecular weight excluding hydrogens is 294 g/mol. The van der Waals surface area contributed by atoms with Crippen LogP contribution in [0.2, 0.25) is 0 Å². The first kappa shape index (κ1) is 16.1. The summed E-state index contributed by atoms with van der Waals surface area (Å²) < 4.78 is 28.5. The maximum absolute atomic E-state index is 12.1. The summed E-state index contributed by atoms with van der Waals surface area (Å²) in [5.74, 6) is 0.839. The molecule has 1 N–H and O–H groups in total. The third-order valence-corrected chi connectivity index (χ3v) is 4.87. The largest absolute Gasteiger partial charge is 0.435 e. The van der Waals surface area contributed by atoms with E-state index >= 15 is 0 Å². The Bertz CT molecular complexity index is 475. The molecule has 1 aromatic rings. The number of aliphatic imine (C=N–C) groups is 1. The first-order valence-corrected chi connectivity index (χ1v) is 8.03. The molecule has 0 spiro atoms. The molecule has 6 heteroatoms. The lowest BCUT2D eigenvalue weighted by Crippen LogP contribution is -2.17. The minimum Gasteiger partial charge on any atom is -0.435 e. The number of hydrogen-bond acceptors (Lipinski definition) is 4. The average molecular weight is 314 g/mol. The Morgan fingerprint density at radius 2 is 1.95 bits per heavy atom. The van der Waals surface area contributed by atoms with Gasteiger partial charge in [-0.3, -0.25) is 4.99 Å². The number of anilines is 1. The van der Waals surface area contributed by atoms with E-state index in [-0.39, 0.29) is 5.75 Å². The SMILES string of the molecule is CCC(CC)C1CN=C(Nc2ccc(OC(F)F)cc2)S1. The smallest absolute Gasteiger partial charge is 0.387 e. The summed E-state index contributed by atoms with van der Waals surface area (Å²) in [6.45, 7) is 2.47. The van der Waals surface area contributed by atoms with Gasteiger partial charge in [0.15, 0.2) is 5.17 Å². The summed E-state index contributed by atoms with van der Waals surface area (Å²) in [6, 6.07) is 6.47. The molecule has 1 unspecified atom stereocenters. The molecule has 1 aliphatic heterocycles. The molecule has 0 amide bonds. The van der Waals surface area contributed by atoms with Gasteiger partial charge in [0.1, 0.15) is 5.75 Å². The van der Waals surface area contributed by atoms with Crippen molar-refractivity contribution in [2.24, 2.45) is 10.9 Å². The molecular formula is C15H20F2N2OS. The fourth-order valence-corrected chi connectivity index (χ4v) is 3.70. The zero-order chi connectivity index (χ0) is 15.2. The van der Waals surface area contributed by atoms with Crippen molar-refractivity contribution in [1.29, 1.82) is 0 Å². The third-order valence-electron chi connectivity index (χ3n) is 3.58. The van der Waals surface area contributed by atoms with Crippen molar-refractivity contribution in [2.75, 3.05) is 11.9 Å². The third kappa shape index (κ3) is 4.59. The molecule has 3 nitrogen and oxygen atoms in total. The number of nitrogens with one attached hydrogen (secondary N) is 1. The van der Waals surface area contributed by atoms with E-state index in [1.807, 2.05) is 0 Å². The van der Waals surface area contributed by atoms with Crippen LogP contribution in [-0.2, 0) is 0 Å². The predicted molar refractivity (Wildman–Crippen MR) is 84.4 cm³/mol. The molecule has 0 aliphatic carbocycles. The topological polar surface area (TPSA) is 33.6 Å². The van der Waals surface area contributed by atoms with Crippen molar-refractivity contribution in [3.63, 3.8) is 0 Å². The van der Waals surface area contributed by atoms with Crippen LogP contribution in [-0.4, -0.2) is 23.6 Å². The number of amidine groups is 1. The van der Waals surface area contributed by atoms with Crippen LogP contribution in [0.15, 0.2) is 29.3 Å². The number of nitrogens with zero attached hydrogens (tertiary/aromatic N) is 1. The minimum atomic E-state index is -2.79. The maximum atomic E-state index is 12.1. The Morgan fingerprint density at radius 3 is 2.52 bits per heavy atom. The monoisotopic (exact) mass is 314 g/mol.